The third kappa shape index (κ3) is 2.80. The molecule has 0 aromatic heterocycles. The highest BCUT2D eigenvalue weighted by molar-refractivity contribution is 5.97. The summed E-state index contributed by atoms with van der Waals surface area (Å²) in [7, 11) is 0. The molecule has 0 spiro atoms. The van der Waals surface area contributed by atoms with Crippen molar-refractivity contribution in [3.8, 4) is 0 Å². The molecule has 0 bridgehead atoms. The number of anilines is 2. The molecule has 1 saturated heterocycles. The van der Waals surface area contributed by atoms with Crippen LogP contribution < -0.4 is 16.4 Å². The zero-order valence-corrected chi connectivity index (χ0v) is 11.8. The van der Waals surface area contributed by atoms with Crippen LogP contribution in [0, 0.1) is 5.92 Å². The average molecular weight is 273 g/mol. The molecule has 1 aromatic rings. The number of nitrogens with one attached hydrogen (secondary N) is 2. The molecule has 2 fully saturated rings. The maximum Gasteiger partial charge on any atom is 0.241 e. The molecule has 3 rings (SSSR count). The molecule has 1 heterocycles. The Morgan fingerprint density at radius 1 is 1.15 bits per heavy atom. The van der Waals surface area contributed by atoms with E-state index in [1.165, 1.54) is 32.1 Å². The smallest absolute Gasteiger partial charge is 0.241 e. The number of benzene rings is 1. The van der Waals surface area contributed by atoms with E-state index in [0.717, 1.165) is 12.3 Å². The lowest BCUT2D eigenvalue weighted by molar-refractivity contribution is -0.119. The van der Waals surface area contributed by atoms with Crippen LogP contribution in [-0.2, 0) is 4.79 Å². The maximum atomic E-state index is 12.4. The SMILES string of the molecule is Nc1ccccc1NC(=O)[C@@H]1CC[C@@H]2CCCC[C@H]2N1. The van der Waals surface area contributed by atoms with Crippen LogP contribution in [0.4, 0.5) is 11.4 Å². The number of carbonyl (C=O) groups is 1. The van der Waals surface area contributed by atoms with Crippen LogP contribution in [-0.4, -0.2) is 18.0 Å². The first kappa shape index (κ1) is 13.4. The van der Waals surface area contributed by atoms with Gasteiger partial charge in [0.25, 0.3) is 0 Å². The summed E-state index contributed by atoms with van der Waals surface area (Å²) in [6.45, 7) is 0. The van der Waals surface area contributed by atoms with Gasteiger partial charge in [-0.3, -0.25) is 4.79 Å². The van der Waals surface area contributed by atoms with Gasteiger partial charge in [-0.2, -0.15) is 0 Å². The molecule has 0 unspecified atom stereocenters. The van der Waals surface area contributed by atoms with Gasteiger partial charge in [0.05, 0.1) is 17.4 Å². The molecule has 1 aliphatic carbocycles. The Morgan fingerprint density at radius 2 is 1.95 bits per heavy atom. The Hall–Kier alpha value is -1.55. The topological polar surface area (TPSA) is 67.1 Å². The van der Waals surface area contributed by atoms with Crippen molar-refractivity contribution in [3.05, 3.63) is 24.3 Å². The van der Waals surface area contributed by atoms with Crippen LogP contribution in [0.15, 0.2) is 24.3 Å². The van der Waals surface area contributed by atoms with E-state index in [1.807, 2.05) is 18.2 Å². The predicted molar refractivity (Wildman–Crippen MR) is 81.4 cm³/mol. The fourth-order valence-electron chi connectivity index (χ4n) is 3.53. The summed E-state index contributed by atoms with van der Waals surface area (Å²) >= 11 is 0. The molecule has 1 aliphatic heterocycles. The Kier molecular flexibility index (Phi) is 3.92. The molecule has 108 valence electrons. The zero-order valence-electron chi connectivity index (χ0n) is 11.8. The zero-order chi connectivity index (χ0) is 13.9. The average Bonchev–Trinajstić information content (AvgIpc) is 2.49. The summed E-state index contributed by atoms with van der Waals surface area (Å²) in [4.78, 5) is 12.4. The van der Waals surface area contributed by atoms with E-state index >= 15 is 0 Å². The number of hydrogen-bond donors (Lipinski definition) is 3. The van der Waals surface area contributed by atoms with Crippen molar-refractivity contribution in [2.75, 3.05) is 11.1 Å². The number of amides is 1. The van der Waals surface area contributed by atoms with Crippen molar-refractivity contribution in [1.82, 2.24) is 5.32 Å². The fraction of sp³-hybridized carbons (Fsp3) is 0.562. The molecular weight excluding hydrogens is 250 g/mol. The Labute approximate surface area is 120 Å². The van der Waals surface area contributed by atoms with Crippen LogP contribution >= 0.6 is 0 Å². The predicted octanol–water partition coefficient (Wildman–Crippen LogP) is 2.52. The lowest BCUT2D eigenvalue weighted by Crippen LogP contribution is -2.53. The second kappa shape index (κ2) is 5.83. The van der Waals surface area contributed by atoms with Gasteiger partial charge in [0.2, 0.25) is 5.91 Å². The van der Waals surface area contributed by atoms with Crippen molar-refractivity contribution < 1.29 is 4.79 Å². The van der Waals surface area contributed by atoms with Gasteiger partial charge < -0.3 is 16.4 Å². The van der Waals surface area contributed by atoms with Crippen LogP contribution in [0.3, 0.4) is 0 Å². The summed E-state index contributed by atoms with van der Waals surface area (Å²) in [5.41, 5.74) is 7.20. The van der Waals surface area contributed by atoms with Gasteiger partial charge in [0, 0.05) is 6.04 Å². The van der Waals surface area contributed by atoms with Crippen LogP contribution in [0.1, 0.15) is 38.5 Å². The van der Waals surface area contributed by atoms with E-state index in [4.69, 9.17) is 5.73 Å². The number of fused-ring (bicyclic) bond motifs is 1. The van der Waals surface area contributed by atoms with Crippen molar-refractivity contribution in [2.45, 2.75) is 50.6 Å². The third-order valence-corrected chi connectivity index (χ3v) is 4.69. The Balaban J connectivity index is 1.62. The van der Waals surface area contributed by atoms with Crippen molar-refractivity contribution in [1.29, 1.82) is 0 Å². The fourth-order valence-corrected chi connectivity index (χ4v) is 3.53. The minimum atomic E-state index is -0.0750. The van der Waals surface area contributed by atoms with Gasteiger partial charge in [-0.25, -0.2) is 0 Å². The standard InChI is InChI=1S/C16H23N3O/c17-12-6-2-4-8-14(12)19-16(20)15-10-9-11-5-1-3-7-13(11)18-15/h2,4,6,8,11,13,15,18H,1,3,5,7,9-10,17H2,(H,19,20)/t11-,13+,15-/m0/s1. The Bertz CT molecular complexity index is 488. The van der Waals surface area contributed by atoms with E-state index < -0.39 is 0 Å². The highest BCUT2D eigenvalue weighted by Gasteiger charge is 2.34. The van der Waals surface area contributed by atoms with E-state index in [1.54, 1.807) is 6.07 Å². The quantitative estimate of drug-likeness (QED) is 0.725. The van der Waals surface area contributed by atoms with Gasteiger partial charge in [-0.1, -0.05) is 25.0 Å². The number of nitrogens with two attached hydrogens (primary N) is 1. The monoisotopic (exact) mass is 273 g/mol. The maximum absolute atomic E-state index is 12.4. The number of rotatable bonds is 2. The highest BCUT2D eigenvalue weighted by Crippen LogP contribution is 2.32. The number of hydrogen-bond acceptors (Lipinski definition) is 3. The molecule has 2 aliphatic rings. The number of nitrogen functional groups attached to an aromatic ring is 1. The third-order valence-electron chi connectivity index (χ3n) is 4.69. The minimum absolute atomic E-state index is 0.0481. The van der Waals surface area contributed by atoms with Crippen molar-refractivity contribution in [2.24, 2.45) is 5.92 Å². The van der Waals surface area contributed by atoms with Crippen molar-refractivity contribution >= 4 is 17.3 Å². The largest absolute Gasteiger partial charge is 0.397 e. The van der Waals surface area contributed by atoms with E-state index in [0.29, 0.717) is 17.4 Å². The molecule has 20 heavy (non-hydrogen) atoms. The molecule has 1 amide bonds. The summed E-state index contributed by atoms with van der Waals surface area (Å²) in [5.74, 6) is 0.821. The van der Waals surface area contributed by atoms with Crippen LogP contribution in [0.5, 0.6) is 0 Å². The first-order chi connectivity index (χ1) is 9.74. The lowest BCUT2D eigenvalue weighted by atomic mass is 9.77. The van der Waals surface area contributed by atoms with Gasteiger partial charge in [0.15, 0.2) is 0 Å². The summed E-state index contributed by atoms with van der Waals surface area (Å²) in [5, 5.41) is 6.49. The first-order valence-electron chi connectivity index (χ1n) is 7.65. The molecule has 4 heteroatoms. The molecule has 0 radical (unpaired) electrons. The van der Waals surface area contributed by atoms with E-state index in [2.05, 4.69) is 10.6 Å². The van der Waals surface area contributed by atoms with Gasteiger partial charge >= 0.3 is 0 Å². The second-order valence-corrected chi connectivity index (χ2v) is 6.02. The molecule has 4 nitrogen and oxygen atoms in total. The molecular formula is C16H23N3O. The summed E-state index contributed by atoms with van der Waals surface area (Å²) in [6.07, 6.45) is 7.26. The molecule has 1 aromatic carbocycles. The Morgan fingerprint density at radius 3 is 2.80 bits per heavy atom. The summed E-state index contributed by atoms with van der Waals surface area (Å²) < 4.78 is 0. The lowest BCUT2D eigenvalue weighted by Gasteiger charge is -2.39. The van der Waals surface area contributed by atoms with Crippen molar-refractivity contribution in [3.63, 3.8) is 0 Å². The highest BCUT2D eigenvalue weighted by atomic mass is 16.2. The van der Waals surface area contributed by atoms with Gasteiger partial charge in [-0.15, -0.1) is 0 Å². The number of para-hydroxylation sites is 2. The van der Waals surface area contributed by atoms with E-state index in [-0.39, 0.29) is 11.9 Å². The molecule has 1 saturated carbocycles. The van der Waals surface area contributed by atoms with Crippen LogP contribution in [0.2, 0.25) is 0 Å². The number of carbonyl (C=O) groups excluding carboxylic acids is 1. The van der Waals surface area contributed by atoms with Gasteiger partial charge in [-0.05, 0) is 43.7 Å². The minimum Gasteiger partial charge on any atom is -0.397 e. The van der Waals surface area contributed by atoms with Gasteiger partial charge in [0.1, 0.15) is 0 Å². The summed E-state index contributed by atoms with van der Waals surface area (Å²) in [6, 6.07) is 7.87. The second-order valence-electron chi connectivity index (χ2n) is 6.02. The van der Waals surface area contributed by atoms with E-state index in [9.17, 15) is 4.79 Å². The molecule has 4 N–H and O–H groups in total. The molecule has 3 atom stereocenters. The normalized spacial score (nSPS) is 29.5. The van der Waals surface area contributed by atoms with Crippen LogP contribution in [0.25, 0.3) is 0 Å². The number of piperidine rings is 1. The first-order valence-corrected chi connectivity index (χ1v) is 7.65.